The van der Waals surface area contributed by atoms with Gasteiger partial charge in [-0.1, -0.05) is 12.1 Å². The number of hydrogen-bond acceptors (Lipinski definition) is 4. The van der Waals surface area contributed by atoms with Crippen molar-refractivity contribution >= 4 is 5.71 Å². The van der Waals surface area contributed by atoms with Crippen LogP contribution in [0.1, 0.15) is 51.2 Å². The van der Waals surface area contributed by atoms with E-state index >= 15 is 0 Å². The molecule has 1 aromatic rings. The molecule has 0 saturated carbocycles. The number of rotatable bonds is 12. The Labute approximate surface area is 154 Å². The smallest absolute Gasteiger partial charge is 0.269 e. The lowest BCUT2D eigenvalue weighted by molar-refractivity contribution is 0.138. The molecule has 0 aromatic heterocycles. The lowest BCUT2D eigenvalue weighted by Gasteiger charge is -2.15. The zero-order chi connectivity index (χ0) is 19.4. The molecule has 0 bridgehead atoms. The van der Waals surface area contributed by atoms with Crippen LogP contribution in [0.3, 0.4) is 0 Å². The Morgan fingerprint density at radius 3 is 2.46 bits per heavy atom. The number of ether oxygens (including phenoxy) is 2. The van der Waals surface area contributed by atoms with Crippen LogP contribution in [0.15, 0.2) is 29.4 Å². The standard InChI is InChI=1S/C20H29F2NO3/c1-5-17-14-18(24-12-9-19(21)22)13-16(4)20(17)25-10-7-6-8-11-26-23-15(2)3/h9,13-14H,5-8,10-12H2,1-4H3. The summed E-state index contributed by atoms with van der Waals surface area (Å²) in [6.07, 6.45) is 2.66. The summed E-state index contributed by atoms with van der Waals surface area (Å²) in [6, 6.07) is 3.67. The van der Waals surface area contributed by atoms with Crippen LogP contribution in [0.25, 0.3) is 0 Å². The molecule has 0 amide bonds. The molecule has 1 rings (SSSR count). The van der Waals surface area contributed by atoms with E-state index < -0.39 is 6.08 Å². The average Bonchev–Trinajstić information content (AvgIpc) is 2.57. The molecule has 0 spiro atoms. The molecule has 0 aliphatic heterocycles. The van der Waals surface area contributed by atoms with Crippen LogP contribution in [0.2, 0.25) is 0 Å². The highest BCUT2D eigenvalue weighted by atomic mass is 19.3. The van der Waals surface area contributed by atoms with Crippen LogP contribution in [0.4, 0.5) is 8.78 Å². The van der Waals surface area contributed by atoms with Crippen LogP contribution in [-0.4, -0.2) is 25.5 Å². The van der Waals surface area contributed by atoms with Gasteiger partial charge in [-0.3, -0.25) is 0 Å². The zero-order valence-electron chi connectivity index (χ0n) is 16.1. The van der Waals surface area contributed by atoms with E-state index in [2.05, 4.69) is 5.16 Å². The van der Waals surface area contributed by atoms with E-state index in [0.717, 1.165) is 54.3 Å². The van der Waals surface area contributed by atoms with Crippen LogP contribution in [-0.2, 0) is 11.3 Å². The van der Waals surface area contributed by atoms with E-state index in [1.807, 2.05) is 39.8 Å². The van der Waals surface area contributed by atoms with Crippen molar-refractivity contribution in [3.63, 3.8) is 0 Å². The molecule has 0 heterocycles. The maximum atomic E-state index is 12.1. The Balaban J connectivity index is 2.46. The number of unbranched alkanes of at least 4 members (excludes halogenated alkanes) is 2. The molecule has 0 N–H and O–H groups in total. The molecule has 26 heavy (non-hydrogen) atoms. The first kappa shape index (κ1) is 21.9. The Kier molecular flexibility index (Phi) is 10.4. The molecule has 0 aliphatic rings. The zero-order valence-corrected chi connectivity index (χ0v) is 16.1. The second-order valence-electron chi connectivity index (χ2n) is 6.17. The molecule has 6 heteroatoms. The summed E-state index contributed by atoms with van der Waals surface area (Å²) in [4.78, 5) is 5.16. The Morgan fingerprint density at radius 2 is 1.81 bits per heavy atom. The number of oxime groups is 1. The van der Waals surface area contributed by atoms with Crippen molar-refractivity contribution < 1.29 is 23.1 Å². The van der Waals surface area contributed by atoms with Gasteiger partial charge in [-0.05, 0) is 69.7 Å². The largest absolute Gasteiger partial charge is 0.493 e. The molecule has 0 radical (unpaired) electrons. The highest BCUT2D eigenvalue weighted by Gasteiger charge is 2.09. The first-order valence-electron chi connectivity index (χ1n) is 8.97. The van der Waals surface area contributed by atoms with Crippen LogP contribution >= 0.6 is 0 Å². The number of benzene rings is 1. The highest BCUT2D eigenvalue weighted by molar-refractivity contribution is 5.78. The second-order valence-corrected chi connectivity index (χ2v) is 6.17. The van der Waals surface area contributed by atoms with Crippen molar-refractivity contribution in [2.45, 2.75) is 53.4 Å². The molecule has 0 saturated heterocycles. The summed E-state index contributed by atoms with van der Waals surface area (Å²) in [6.45, 7) is 8.85. The number of halogens is 2. The minimum atomic E-state index is -1.74. The molecule has 0 fully saturated rings. The number of aryl methyl sites for hydroxylation is 2. The third-order valence-corrected chi connectivity index (χ3v) is 3.57. The van der Waals surface area contributed by atoms with Crippen LogP contribution < -0.4 is 9.47 Å². The molecule has 4 nitrogen and oxygen atoms in total. The Morgan fingerprint density at radius 1 is 1.08 bits per heavy atom. The van der Waals surface area contributed by atoms with Gasteiger partial charge in [0.05, 0.1) is 12.3 Å². The first-order valence-corrected chi connectivity index (χ1v) is 8.97. The van der Waals surface area contributed by atoms with E-state index in [9.17, 15) is 8.78 Å². The Bertz CT molecular complexity index is 607. The van der Waals surface area contributed by atoms with E-state index in [1.54, 1.807) is 0 Å². The first-order chi connectivity index (χ1) is 12.4. The number of hydrogen-bond donors (Lipinski definition) is 0. The SMILES string of the molecule is CCc1cc(OCC=C(F)F)cc(C)c1OCCCCCON=C(C)C. The third kappa shape index (κ3) is 8.83. The fourth-order valence-corrected chi connectivity index (χ4v) is 2.36. The van der Waals surface area contributed by atoms with E-state index in [4.69, 9.17) is 14.3 Å². The van der Waals surface area contributed by atoms with Gasteiger partial charge < -0.3 is 14.3 Å². The maximum Gasteiger partial charge on any atom is 0.269 e. The topological polar surface area (TPSA) is 40.0 Å². The summed E-state index contributed by atoms with van der Waals surface area (Å²) in [7, 11) is 0. The van der Waals surface area contributed by atoms with Gasteiger partial charge >= 0.3 is 0 Å². The lowest BCUT2D eigenvalue weighted by atomic mass is 10.1. The Hall–Kier alpha value is -2.11. The van der Waals surface area contributed by atoms with Gasteiger partial charge in [-0.2, -0.15) is 8.78 Å². The number of nitrogens with zero attached hydrogens (tertiary/aromatic N) is 1. The average molecular weight is 369 g/mol. The van der Waals surface area contributed by atoms with Crippen molar-refractivity contribution in [1.29, 1.82) is 0 Å². The van der Waals surface area contributed by atoms with E-state index in [1.165, 1.54) is 0 Å². The molecule has 146 valence electrons. The lowest BCUT2D eigenvalue weighted by Crippen LogP contribution is -2.04. The van der Waals surface area contributed by atoms with Crippen LogP contribution in [0.5, 0.6) is 11.5 Å². The predicted octanol–water partition coefficient (Wildman–Crippen LogP) is 5.68. The minimum absolute atomic E-state index is 0.144. The normalized spacial score (nSPS) is 10.2. The van der Waals surface area contributed by atoms with Crippen molar-refractivity contribution in [3.05, 3.63) is 35.4 Å². The summed E-state index contributed by atoms with van der Waals surface area (Å²) in [5.41, 5.74) is 2.87. The van der Waals surface area contributed by atoms with Crippen molar-refractivity contribution in [2.75, 3.05) is 19.8 Å². The van der Waals surface area contributed by atoms with Gasteiger partial charge in [0, 0.05) is 6.08 Å². The maximum absolute atomic E-state index is 12.1. The van der Waals surface area contributed by atoms with Gasteiger partial charge in [0.25, 0.3) is 6.08 Å². The molecular formula is C20H29F2NO3. The van der Waals surface area contributed by atoms with Gasteiger partial charge in [-0.25, -0.2) is 0 Å². The highest BCUT2D eigenvalue weighted by Crippen LogP contribution is 2.30. The molecule has 0 aliphatic carbocycles. The molecule has 0 unspecified atom stereocenters. The summed E-state index contributed by atoms with van der Waals surface area (Å²) >= 11 is 0. The fraction of sp³-hybridized carbons (Fsp3) is 0.550. The molecule has 1 aromatic carbocycles. The van der Waals surface area contributed by atoms with Gasteiger partial charge in [0.15, 0.2) is 0 Å². The van der Waals surface area contributed by atoms with Crippen molar-refractivity contribution in [1.82, 2.24) is 0 Å². The molecule has 0 atom stereocenters. The minimum Gasteiger partial charge on any atom is -0.493 e. The summed E-state index contributed by atoms with van der Waals surface area (Å²) in [5, 5.41) is 3.89. The van der Waals surface area contributed by atoms with Gasteiger partial charge in [0.2, 0.25) is 0 Å². The quantitative estimate of drug-likeness (QED) is 0.270. The van der Waals surface area contributed by atoms with Crippen molar-refractivity contribution in [3.8, 4) is 11.5 Å². The monoisotopic (exact) mass is 369 g/mol. The summed E-state index contributed by atoms with van der Waals surface area (Å²) in [5.74, 6) is 1.43. The van der Waals surface area contributed by atoms with Crippen LogP contribution in [0, 0.1) is 6.92 Å². The van der Waals surface area contributed by atoms with E-state index in [-0.39, 0.29) is 6.61 Å². The molecular weight excluding hydrogens is 340 g/mol. The fourth-order valence-electron chi connectivity index (χ4n) is 2.36. The van der Waals surface area contributed by atoms with E-state index in [0.29, 0.717) is 19.0 Å². The van der Waals surface area contributed by atoms with Gasteiger partial charge in [-0.15, -0.1) is 0 Å². The summed E-state index contributed by atoms with van der Waals surface area (Å²) < 4.78 is 35.5. The van der Waals surface area contributed by atoms with Gasteiger partial charge in [0.1, 0.15) is 24.7 Å². The van der Waals surface area contributed by atoms with Crippen molar-refractivity contribution in [2.24, 2.45) is 5.16 Å². The second kappa shape index (κ2) is 12.3. The third-order valence-electron chi connectivity index (χ3n) is 3.57. The predicted molar refractivity (Wildman–Crippen MR) is 100 cm³/mol.